The first-order valence-corrected chi connectivity index (χ1v) is 4.06. The van der Waals surface area contributed by atoms with Gasteiger partial charge in [-0.2, -0.15) is 0 Å². The Balaban J connectivity index is 2.84. The van der Waals surface area contributed by atoms with Crippen molar-refractivity contribution in [2.24, 2.45) is 5.73 Å². The molecule has 5 heteroatoms. The maximum Gasteiger partial charge on any atom is 0.240 e. The number of alkyl halides is 2. The molecule has 0 bridgehead atoms. The number of rotatable bonds is 3. The quantitative estimate of drug-likeness (QED) is 0.701. The van der Waals surface area contributed by atoms with Gasteiger partial charge in [-0.25, -0.2) is 8.78 Å². The average Bonchev–Trinajstić information content (AvgIpc) is 2.01. The Hall–Kier alpha value is -1.36. The van der Waals surface area contributed by atoms with Crippen molar-refractivity contribution in [2.45, 2.75) is 18.9 Å². The van der Waals surface area contributed by atoms with E-state index in [9.17, 15) is 13.9 Å². The van der Waals surface area contributed by atoms with Crippen molar-refractivity contribution < 1.29 is 19.0 Å². The van der Waals surface area contributed by atoms with Crippen molar-refractivity contribution in [3.05, 3.63) is 23.8 Å². The summed E-state index contributed by atoms with van der Waals surface area (Å²) in [6.07, 6.45) is -3.03. The van der Waals surface area contributed by atoms with Crippen molar-refractivity contribution in [1.29, 1.82) is 0 Å². The van der Waals surface area contributed by atoms with Gasteiger partial charge in [0.15, 0.2) is 0 Å². The largest absolute Gasteiger partial charge is 0.508 e. The van der Waals surface area contributed by atoms with Crippen LogP contribution in [0.5, 0.6) is 11.5 Å². The standard InChI is InChI=1S/C9H11F2NO2/c10-9(11)4-7(12)6-2-1-5(13)3-8(6)14/h1-3,7,9,13-14H,4,12H2/t7-/m1/s1. The third kappa shape index (κ3) is 2.56. The molecule has 1 atom stereocenters. The minimum absolute atomic E-state index is 0.129. The molecule has 0 aliphatic carbocycles. The Morgan fingerprint density at radius 2 is 1.93 bits per heavy atom. The maximum absolute atomic E-state index is 12.0. The molecule has 0 aromatic heterocycles. The number of aromatic hydroxyl groups is 2. The summed E-state index contributed by atoms with van der Waals surface area (Å²) in [4.78, 5) is 0. The summed E-state index contributed by atoms with van der Waals surface area (Å²) in [6, 6.07) is 2.77. The van der Waals surface area contributed by atoms with Gasteiger partial charge in [-0.05, 0) is 6.07 Å². The topological polar surface area (TPSA) is 66.5 Å². The third-order valence-corrected chi connectivity index (χ3v) is 1.85. The number of hydrogen-bond donors (Lipinski definition) is 3. The molecule has 1 rings (SSSR count). The molecule has 3 nitrogen and oxygen atoms in total. The van der Waals surface area contributed by atoms with E-state index in [1.807, 2.05) is 0 Å². The third-order valence-electron chi connectivity index (χ3n) is 1.85. The summed E-state index contributed by atoms with van der Waals surface area (Å²) in [5, 5.41) is 18.2. The summed E-state index contributed by atoms with van der Waals surface area (Å²) in [5.41, 5.74) is 5.64. The van der Waals surface area contributed by atoms with Crippen LogP contribution in [-0.2, 0) is 0 Å². The van der Waals surface area contributed by atoms with Gasteiger partial charge < -0.3 is 15.9 Å². The lowest BCUT2D eigenvalue weighted by atomic mass is 10.0. The predicted octanol–water partition coefficient (Wildman–Crippen LogP) is 1.75. The highest BCUT2D eigenvalue weighted by molar-refractivity contribution is 5.40. The molecule has 4 N–H and O–H groups in total. The normalized spacial score (nSPS) is 13.1. The summed E-state index contributed by atoms with van der Waals surface area (Å²) >= 11 is 0. The van der Waals surface area contributed by atoms with Crippen LogP contribution in [-0.4, -0.2) is 16.6 Å². The lowest BCUT2D eigenvalue weighted by Crippen LogP contribution is -2.13. The lowest BCUT2D eigenvalue weighted by molar-refractivity contribution is 0.128. The van der Waals surface area contributed by atoms with Gasteiger partial charge in [-0.3, -0.25) is 0 Å². The number of nitrogens with two attached hydrogens (primary N) is 1. The smallest absolute Gasteiger partial charge is 0.240 e. The summed E-state index contributed by atoms with van der Waals surface area (Å²) in [7, 11) is 0. The van der Waals surface area contributed by atoms with Crippen molar-refractivity contribution in [3.63, 3.8) is 0 Å². The molecule has 1 aromatic carbocycles. The van der Waals surface area contributed by atoms with Gasteiger partial charge in [-0.1, -0.05) is 6.07 Å². The van der Waals surface area contributed by atoms with E-state index in [1.54, 1.807) is 0 Å². The monoisotopic (exact) mass is 203 g/mol. The first kappa shape index (κ1) is 10.7. The number of benzene rings is 1. The van der Waals surface area contributed by atoms with Crippen LogP contribution < -0.4 is 5.73 Å². The van der Waals surface area contributed by atoms with Crippen LogP contribution in [0.2, 0.25) is 0 Å². The van der Waals surface area contributed by atoms with Crippen molar-refractivity contribution in [2.75, 3.05) is 0 Å². The highest BCUT2D eigenvalue weighted by Crippen LogP contribution is 2.29. The molecule has 0 amide bonds. The van der Waals surface area contributed by atoms with E-state index in [4.69, 9.17) is 10.8 Å². The molecule has 0 fully saturated rings. The van der Waals surface area contributed by atoms with Gasteiger partial charge in [0, 0.05) is 24.1 Å². The highest BCUT2D eigenvalue weighted by Gasteiger charge is 2.16. The summed E-state index contributed by atoms with van der Waals surface area (Å²) < 4.78 is 23.9. The van der Waals surface area contributed by atoms with Gasteiger partial charge >= 0.3 is 0 Å². The molecule has 0 unspecified atom stereocenters. The second-order valence-corrected chi connectivity index (χ2v) is 2.98. The van der Waals surface area contributed by atoms with E-state index >= 15 is 0 Å². The van der Waals surface area contributed by atoms with E-state index in [0.717, 1.165) is 6.07 Å². The fourth-order valence-corrected chi connectivity index (χ4v) is 1.16. The molecule has 0 radical (unpaired) electrons. The first-order valence-electron chi connectivity index (χ1n) is 4.06. The molecular weight excluding hydrogens is 192 g/mol. The Labute approximate surface area is 79.8 Å². The Morgan fingerprint density at radius 1 is 1.29 bits per heavy atom. The van der Waals surface area contributed by atoms with Gasteiger partial charge in [0.1, 0.15) is 11.5 Å². The van der Waals surface area contributed by atoms with E-state index in [-0.39, 0.29) is 17.1 Å². The van der Waals surface area contributed by atoms with Crippen LogP contribution >= 0.6 is 0 Å². The van der Waals surface area contributed by atoms with Crippen molar-refractivity contribution >= 4 is 0 Å². The van der Waals surface area contributed by atoms with Crippen LogP contribution in [0.4, 0.5) is 8.78 Å². The number of phenolic OH excluding ortho intramolecular Hbond substituents is 2. The molecule has 1 aromatic rings. The van der Waals surface area contributed by atoms with Crippen LogP contribution in [0, 0.1) is 0 Å². The van der Waals surface area contributed by atoms with E-state index in [2.05, 4.69) is 0 Å². The van der Waals surface area contributed by atoms with Crippen molar-refractivity contribution in [1.82, 2.24) is 0 Å². The molecule has 0 spiro atoms. The predicted molar refractivity (Wildman–Crippen MR) is 47.3 cm³/mol. The Kier molecular flexibility index (Phi) is 3.24. The number of phenols is 2. The molecule has 0 saturated carbocycles. The van der Waals surface area contributed by atoms with Crippen molar-refractivity contribution in [3.8, 4) is 11.5 Å². The van der Waals surface area contributed by atoms with Crippen LogP contribution in [0.15, 0.2) is 18.2 Å². The molecule has 0 aliphatic heterocycles. The van der Waals surface area contributed by atoms with Crippen LogP contribution in [0.1, 0.15) is 18.0 Å². The molecule has 0 aliphatic rings. The maximum atomic E-state index is 12.0. The lowest BCUT2D eigenvalue weighted by Gasteiger charge is -2.12. The minimum atomic E-state index is -2.52. The molecule has 0 saturated heterocycles. The van der Waals surface area contributed by atoms with Gasteiger partial charge in [0.05, 0.1) is 0 Å². The Bertz CT molecular complexity index is 318. The highest BCUT2D eigenvalue weighted by atomic mass is 19.3. The first-order chi connectivity index (χ1) is 6.50. The van der Waals surface area contributed by atoms with Gasteiger partial charge in [-0.15, -0.1) is 0 Å². The molecule has 78 valence electrons. The second-order valence-electron chi connectivity index (χ2n) is 2.98. The fraction of sp³-hybridized carbons (Fsp3) is 0.333. The van der Waals surface area contributed by atoms with E-state index < -0.39 is 18.9 Å². The number of hydrogen-bond acceptors (Lipinski definition) is 3. The Morgan fingerprint density at radius 3 is 2.43 bits per heavy atom. The summed E-state index contributed by atoms with van der Waals surface area (Å²) in [6.45, 7) is 0. The van der Waals surface area contributed by atoms with Crippen LogP contribution in [0.25, 0.3) is 0 Å². The SMILES string of the molecule is N[C@H](CC(F)F)c1ccc(O)cc1O. The fourth-order valence-electron chi connectivity index (χ4n) is 1.16. The van der Waals surface area contributed by atoms with Gasteiger partial charge in [0.2, 0.25) is 6.43 Å². The minimum Gasteiger partial charge on any atom is -0.508 e. The molecule has 14 heavy (non-hydrogen) atoms. The summed E-state index contributed by atoms with van der Waals surface area (Å²) in [5.74, 6) is -0.395. The van der Waals surface area contributed by atoms with Crippen LogP contribution in [0.3, 0.4) is 0 Å². The zero-order valence-corrected chi connectivity index (χ0v) is 7.32. The zero-order chi connectivity index (χ0) is 10.7. The van der Waals surface area contributed by atoms with E-state index in [0.29, 0.717) is 0 Å². The molecule has 0 heterocycles. The average molecular weight is 203 g/mol. The number of halogens is 2. The zero-order valence-electron chi connectivity index (χ0n) is 7.32. The van der Waals surface area contributed by atoms with Gasteiger partial charge in [0.25, 0.3) is 0 Å². The molecular formula is C9H11F2NO2. The van der Waals surface area contributed by atoms with E-state index in [1.165, 1.54) is 12.1 Å². The second kappa shape index (κ2) is 4.23.